The van der Waals surface area contributed by atoms with E-state index in [1.807, 2.05) is 30.3 Å². The Morgan fingerprint density at radius 3 is 2.38 bits per heavy atom. The third-order valence-electron chi connectivity index (χ3n) is 5.26. The van der Waals surface area contributed by atoms with Crippen molar-refractivity contribution in [1.82, 2.24) is 5.32 Å². The minimum Gasteiger partial charge on any atom is -0.387 e. The summed E-state index contributed by atoms with van der Waals surface area (Å²) in [7, 11) is 0. The van der Waals surface area contributed by atoms with Crippen LogP contribution in [-0.2, 0) is 11.2 Å². The Kier molecular flexibility index (Phi) is 9.18. The Bertz CT molecular complexity index is 834. The Balaban J connectivity index is 1.16. The molecular formula is C26H33NO2. The predicted octanol–water partition coefficient (Wildman–Crippen LogP) is 5.28. The summed E-state index contributed by atoms with van der Waals surface area (Å²) in [6, 6.07) is 25.0. The van der Waals surface area contributed by atoms with Crippen LogP contribution in [0.3, 0.4) is 0 Å². The fourth-order valence-electron chi connectivity index (χ4n) is 3.53. The lowest BCUT2D eigenvalue weighted by molar-refractivity contribution is 0.133. The van der Waals surface area contributed by atoms with Gasteiger partial charge in [-0.05, 0) is 47.7 Å². The van der Waals surface area contributed by atoms with E-state index in [1.54, 1.807) is 0 Å². The third kappa shape index (κ3) is 7.62. The van der Waals surface area contributed by atoms with Crippen molar-refractivity contribution in [3.8, 4) is 0 Å². The summed E-state index contributed by atoms with van der Waals surface area (Å²) in [4.78, 5) is 0. The molecule has 0 heterocycles. The van der Waals surface area contributed by atoms with Crippen molar-refractivity contribution >= 4 is 10.8 Å². The highest BCUT2D eigenvalue weighted by Gasteiger charge is 2.05. The number of nitrogens with one attached hydrogen (secondary N) is 1. The number of fused-ring (bicyclic) bond motifs is 1. The molecule has 0 saturated carbocycles. The van der Waals surface area contributed by atoms with Gasteiger partial charge in [-0.3, -0.25) is 0 Å². The average molecular weight is 392 g/mol. The van der Waals surface area contributed by atoms with Gasteiger partial charge >= 0.3 is 0 Å². The molecule has 0 fully saturated rings. The molecule has 0 aliphatic rings. The molecular weight excluding hydrogens is 358 g/mol. The molecule has 0 aliphatic carbocycles. The van der Waals surface area contributed by atoms with Crippen LogP contribution in [0.1, 0.15) is 42.9 Å². The van der Waals surface area contributed by atoms with E-state index in [0.717, 1.165) is 44.6 Å². The summed E-state index contributed by atoms with van der Waals surface area (Å²) in [6.07, 6.45) is 5.19. The van der Waals surface area contributed by atoms with Crippen LogP contribution in [0.2, 0.25) is 0 Å². The smallest absolute Gasteiger partial charge is 0.0914 e. The van der Waals surface area contributed by atoms with Gasteiger partial charge in [-0.1, -0.05) is 85.6 Å². The summed E-state index contributed by atoms with van der Waals surface area (Å²) in [6.45, 7) is 3.19. The minimum atomic E-state index is -0.424. The second-order valence-corrected chi connectivity index (χ2v) is 7.59. The van der Waals surface area contributed by atoms with Crippen molar-refractivity contribution in [2.75, 3.05) is 26.3 Å². The number of rotatable bonds is 13. The van der Waals surface area contributed by atoms with Crippen LogP contribution in [0.15, 0.2) is 72.8 Å². The van der Waals surface area contributed by atoms with Crippen LogP contribution < -0.4 is 5.32 Å². The number of aliphatic hydroxyl groups is 1. The Hall–Kier alpha value is -2.20. The molecule has 0 bridgehead atoms. The largest absolute Gasteiger partial charge is 0.387 e. The SMILES string of the molecule is OC(CNCCCCCCOCCc1ccc2ccccc2c1)c1ccccc1. The highest BCUT2D eigenvalue weighted by Crippen LogP contribution is 2.16. The monoisotopic (exact) mass is 391 g/mol. The predicted molar refractivity (Wildman–Crippen MR) is 121 cm³/mol. The first-order valence-corrected chi connectivity index (χ1v) is 10.8. The number of hydrogen-bond donors (Lipinski definition) is 2. The molecule has 29 heavy (non-hydrogen) atoms. The van der Waals surface area contributed by atoms with Crippen molar-refractivity contribution in [2.24, 2.45) is 0 Å². The molecule has 3 rings (SSSR count). The zero-order valence-electron chi connectivity index (χ0n) is 17.2. The van der Waals surface area contributed by atoms with Crippen LogP contribution in [-0.4, -0.2) is 31.4 Å². The Morgan fingerprint density at radius 2 is 1.52 bits per heavy atom. The summed E-state index contributed by atoms with van der Waals surface area (Å²) >= 11 is 0. The topological polar surface area (TPSA) is 41.5 Å². The van der Waals surface area contributed by atoms with Crippen molar-refractivity contribution in [3.05, 3.63) is 83.9 Å². The van der Waals surface area contributed by atoms with Gasteiger partial charge in [-0.2, -0.15) is 0 Å². The van der Waals surface area contributed by atoms with Gasteiger partial charge in [0.25, 0.3) is 0 Å². The molecule has 3 nitrogen and oxygen atoms in total. The van der Waals surface area contributed by atoms with Crippen molar-refractivity contribution in [2.45, 2.75) is 38.2 Å². The summed E-state index contributed by atoms with van der Waals surface area (Å²) < 4.78 is 5.81. The van der Waals surface area contributed by atoms with E-state index in [4.69, 9.17) is 4.74 Å². The van der Waals surface area contributed by atoms with E-state index in [0.29, 0.717) is 6.54 Å². The lowest BCUT2D eigenvalue weighted by Gasteiger charge is -2.12. The lowest BCUT2D eigenvalue weighted by Crippen LogP contribution is -2.22. The van der Waals surface area contributed by atoms with Crippen LogP contribution in [0.5, 0.6) is 0 Å². The van der Waals surface area contributed by atoms with E-state index in [1.165, 1.54) is 29.2 Å². The molecule has 0 saturated heterocycles. The van der Waals surface area contributed by atoms with Gasteiger partial charge in [0.1, 0.15) is 0 Å². The second-order valence-electron chi connectivity index (χ2n) is 7.59. The number of benzene rings is 3. The fraction of sp³-hybridized carbons (Fsp3) is 0.385. The average Bonchev–Trinajstić information content (AvgIpc) is 2.77. The van der Waals surface area contributed by atoms with Crippen molar-refractivity contribution in [1.29, 1.82) is 0 Å². The molecule has 3 heteroatoms. The maximum absolute atomic E-state index is 10.1. The molecule has 0 aliphatic heterocycles. The summed E-state index contributed by atoms with van der Waals surface area (Å²) in [5.74, 6) is 0. The first kappa shape index (κ1) is 21.5. The van der Waals surface area contributed by atoms with E-state index in [9.17, 15) is 5.11 Å². The number of unbranched alkanes of at least 4 members (excludes halogenated alkanes) is 3. The number of ether oxygens (including phenoxy) is 1. The maximum atomic E-state index is 10.1. The molecule has 0 aromatic heterocycles. The van der Waals surface area contributed by atoms with Crippen LogP contribution >= 0.6 is 0 Å². The molecule has 154 valence electrons. The Labute approximate surface area is 174 Å². The highest BCUT2D eigenvalue weighted by molar-refractivity contribution is 5.82. The summed E-state index contributed by atoms with van der Waals surface area (Å²) in [5, 5.41) is 16.0. The summed E-state index contributed by atoms with van der Waals surface area (Å²) in [5.41, 5.74) is 2.31. The molecule has 0 amide bonds. The van der Waals surface area contributed by atoms with Gasteiger partial charge in [-0.15, -0.1) is 0 Å². The molecule has 1 unspecified atom stereocenters. The van der Waals surface area contributed by atoms with Crippen LogP contribution in [0, 0.1) is 0 Å². The van der Waals surface area contributed by atoms with E-state index in [-0.39, 0.29) is 0 Å². The zero-order valence-corrected chi connectivity index (χ0v) is 17.2. The maximum Gasteiger partial charge on any atom is 0.0914 e. The molecule has 3 aromatic rings. The van der Waals surface area contributed by atoms with Gasteiger partial charge in [-0.25, -0.2) is 0 Å². The Morgan fingerprint density at radius 1 is 0.759 bits per heavy atom. The first-order valence-electron chi connectivity index (χ1n) is 10.8. The van der Waals surface area contributed by atoms with Gasteiger partial charge in [0, 0.05) is 13.2 Å². The van der Waals surface area contributed by atoms with Crippen LogP contribution in [0.4, 0.5) is 0 Å². The number of hydrogen-bond acceptors (Lipinski definition) is 3. The van der Waals surface area contributed by atoms with Crippen molar-refractivity contribution in [3.63, 3.8) is 0 Å². The molecule has 3 aromatic carbocycles. The highest BCUT2D eigenvalue weighted by atomic mass is 16.5. The van der Waals surface area contributed by atoms with Crippen LogP contribution in [0.25, 0.3) is 10.8 Å². The number of aliphatic hydroxyl groups excluding tert-OH is 1. The zero-order chi connectivity index (χ0) is 20.2. The molecule has 1 atom stereocenters. The van der Waals surface area contributed by atoms with Gasteiger partial charge in [0.05, 0.1) is 12.7 Å². The van der Waals surface area contributed by atoms with Gasteiger partial charge < -0.3 is 15.2 Å². The van der Waals surface area contributed by atoms with E-state index < -0.39 is 6.10 Å². The molecule has 2 N–H and O–H groups in total. The lowest BCUT2D eigenvalue weighted by atomic mass is 10.1. The first-order chi connectivity index (χ1) is 14.3. The van der Waals surface area contributed by atoms with E-state index in [2.05, 4.69) is 47.8 Å². The minimum absolute atomic E-state index is 0.424. The molecule has 0 spiro atoms. The third-order valence-corrected chi connectivity index (χ3v) is 5.26. The van der Waals surface area contributed by atoms with Crippen molar-refractivity contribution < 1.29 is 9.84 Å². The van der Waals surface area contributed by atoms with E-state index >= 15 is 0 Å². The second kappa shape index (κ2) is 12.4. The van der Waals surface area contributed by atoms with Gasteiger partial charge in [0.15, 0.2) is 0 Å². The fourth-order valence-corrected chi connectivity index (χ4v) is 3.53. The molecule has 0 radical (unpaired) electrons. The van der Waals surface area contributed by atoms with Gasteiger partial charge in [0.2, 0.25) is 0 Å². The standard InChI is InChI=1S/C26H33NO2/c28-26(24-11-4-3-5-12-24)21-27-17-8-1-2-9-18-29-19-16-22-14-15-23-10-6-7-13-25(23)20-22/h3-7,10-15,20,26-28H,1-2,8-9,16-19,21H2. The normalized spacial score (nSPS) is 12.3. The quantitative estimate of drug-likeness (QED) is 0.389.